The minimum Gasteiger partial charge on any atom is -0.457 e. The average Bonchev–Trinajstić information content (AvgIpc) is 2.33. The van der Waals surface area contributed by atoms with E-state index in [-0.39, 0.29) is 5.02 Å². The van der Waals surface area contributed by atoms with Gasteiger partial charge in [0.15, 0.2) is 0 Å². The summed E-state index contributed by atoms with van der Waals surface area (Å²) in [4.78, 5) is 0. The Kier molecular flexibility index (Phi) is 4.45. The van der Waals surface area contributed by atoms with Crippen molar-refractivity contribution < 1.29 is 14.2 Å². The first-order chi connectivity index (χ1) is 8.97. The number of hydrogen-bond acceptors (Lipinski definition) is 2. The standard InChI is InChI=1S/C14H11BrClFO2/c1-8(18)11-4-2-9(6-12(11)15)19-10-3-5-13(16)14(17)7-10/h2-8,18H,1H3/t8-/m1/s1. The summed E-state index contributed by atoms with van der Waals surface area (Å²) in [6, 6.07) is 9.41. The molecule has 0 radical (unpaired) electrons. The lowest BCUT2D eigenvalue weighted by Crippen LogP contribution is -1.93. The maximum Gasteiger partial charge on any atom is 0.145 e. The fraction of sp³-hybridized carbons (Fsp3) is 0.143. The molecule has 0 heterocycles. The Bertz CT molecular complexity index is 602. The van der Waals surface area contributed by atoms with Gasteiger partial charge in [-0.1, -0.05) is 33.6 Å². The third kappa shape index (κ3) is 3.47. The fourth-order valence-electron chi connectivity index (χ4n) is 1.59. The van der Waals surface area contributed by atoms with Crippen molar-refractivity contribution in [1.29, 1.82) is 0 Å². The largest absolute Gasteiger partial charge is 0.457 e. The van der Waals surface area contributed by atoms with Gasteiger partial charge in [0.1, 0.15) is 17.3 Å². The predicted octanol–water partition coefficient (Wildman–Crippen LogP) is 5.09. The molecule has 0 amide bonds. The van der Waals surface area contributed by atoms with Crippen LogP contribution in [0.2, 0.25) is 5.02 Å². The molecule has 2 nitrogen and oxygen atoms in total. The summed E-state index contributed by atoms with van der Waals surface area (Å²) in [5, 5.41) is 9.57. The first-order valence-corrected chi connectivity index (χ1v) is 6.75. The van der Waals surface area contributed by atoms with E-state index in [1.165, 1.54) is 12.1 Å². The maximum absolute atomic E-state index is 13.3. The highest BCUT2D eigenvalue weighted by molar-refractivity contribution is 9.10. The molecule has 1 N–H and O–H groups in total. The van der Waals surface area contributed by atoms with Crippen molar-refractivity contribution in [1.82, 2.24) is 0 Å². The molecule has 0 bridgehead atoms. The summed E-state index contributed by atoms with van der Waals surface area (Å²) >= 11 is 8.95. The van der Waals surface area contributed by atoms with Crippen LogP contribution in [-0.4, -0.2) is 5.11 Å². The first kappa shape index (κ1) is 14.3. The van der Waals surface area contributed by atoms with E-state index in [0.717, 1.165) is 10.0 Å². The molecular formula is C14H11BrClFO2. The van der Waals surface area contributed by atoms with Gasteiger partial charge >= 0.3 is 0 Å². The van der Waals surface area contributed by atoms with Crippen LogP contribution in [0.5, 0.6) is 11.5 Å². The average molecular weight is 346 g/mol. The van der Waals surface area contributed by atoms with Crippen LogP contribution < -0.4 is 4.74 Å². The quantitative estimate of drug-likeness (QED) is 0.840. The summed E-state index contributed by atoms with van der Waals surface area (Å²) in [7, 11) is 0. The molecule has 0 saturated carbocycles. The van der Waals surface area contributed by atoms with Crippen LogP contribution in [0.25, 0.3) is 0 Å². The van der Waals surface area contributed by atoms with Crippen LogP contribution in [0.15, 0.2) is 40.9 Å². The van der Waals surface area contributed by atoms with Gasteiger partial charge in [-0.15, -0.1) is 0 Å². The van der Waals surface area contributed by atoms with E-state index in [4.69, 9.17) is 16.3 Å². The molecular weight excluding hydrogens is 335 g/mol. The van der Waals surface area contributed by atoms with Gasteiger partial charge in [0.2, 0.25) is 0 Å². The molecule has 0 aliphatic carbocycles. The van der Waals surface area contributed by atoms with Gasteiger partial charge in [-0.25, -0.2) is 4.39 Å². The molecule has 0 aliphatic rings. The molecule has 0 aliphatic heterocycles. The lowest BCUT2D eigenvalue weighted by molar-refractivity contribution is 0.198. The molecule has 1 atom stereocenters. The molecule has 0 aromatic heterocycles. The summed E-state index contributed by atoms with van der Waals surface area (Å²) in [5.41, 5.74) is 0.759. The van der Waals surface area contributed by atoms with E-state index < -0.39 is 11.9 Å². The molecule has 0 fully saturated rings. The van der Waals surface area contributed by atoms with E-state index in [2.05, 4.69) is 15.9 Å². The second-order valence-electron chi connectivity index (χ2n) is 4.04. The van der Waals surface area contributed by atoms with Crippen LogP contribution in [0, 0.1) is 5.82 Å². The Morgan fingerprint density at radius 1 is 1.21 bits per heavy atom. The zero-order valence-corrected chi connectivity index (χ0v) is 12.4. The Morgan fingerprint density at radius 3 is 2.42 bits per heavy atom. The highest BCUT2D eigenvalue weighted by atomic mass is 79.9. The smallest absolute Gasteiger partial charge is 0.145 e. The van der Waals surface area contributed by atoms with E-state index in [1.54, 1.807) is 31.2 Å². The Labute approximate surface area is 123 Å². The van der Waals surface area contributed by atoms with Crippen LogP contribution >= 0.6 is 27.5 Å². The highest BCUT2D eigenvalue weighted by Crippen LogP contribution is 2.31. The summed E-state index contributed by atoms with van der Waals surface area (Å²) in [6.07, 6.45) is -0.573. The normalized spacial score (nSPS) is 12.3. The molecule has 5 heteroatoms. The second kappa shape index (κ2) is 5.90. The van der Waals surface area contributed by atoms with Crippen LogP contribution in [0.4, 0.5) is 4.39 Å². The first-order valence-electron chi connectivity index (χ1n) is 5.58. The summed E-state index contributed by atoms with van der Waals surface area (Å²) < 4.78 is 19.5. The van der Waals surface area contributed by atoms with E-state index in [1.807, 2.05) is 0 Å². The van der Waals surface area contributed by atoms with Crippen molar-refractivity contribution in [2.24, 2.45) is 0 Å². The molecule has 100 valence electrons. The van der Waals surface area contributed by atoms with Crippen LogP contribution in [0.1, 0.15) is 18.6 Å². The Hall–Kier alpha value is -1.10. The molecule has 0 saturated heterocycles. The number of aliphatic hydroxyl groups is 1. The Balaban J connectivity index is 2.24. The van der Waals surface area contributed by atoms with Crippen molar-refractivity contribution >= 4 is 27.5 Å². The summed E-state index contributed by atoms with van der Waals surface area (Å²) in [6.45, 7) is 1.68. The molecule has 0 spiro atoms. The molecule has 19 heavy (non-hydrogen) atoms. The van der Waals surface area contributed by atoms with Gasteiger partial charge in [0.05, 0.1) is 11.1 Å². The SMILES string of the molecule is C[C@@H](O)c1ccc(Oc2ccc(Cl)c(F)c2)cc1Br. The van der Waals surface area contributed by atoms with Gasteiger partial charge in [-0.3, -0.25) is 0 Å². The minimum atomic E-state index is -0.573. The van der Waals surface area contributed by atoms with E-state index in [9.17, 15) is 9.50 Å². The van der Waals surface area contributed by atoms with Crippen molar-refractivity contribution in [3.05, 3.63) is 57.3 Å². The zero-order valence-electron chi connectivity index (χ0n) is 10.0. The third-order valence-corrected chi connectivity index (χ3v) is 3.54. The second-order valence-corrected chi connectivity index (χ2v) is 5.30. The van der Waals surface area contributed by atoms with Gasteiger partial charge in [-0.05, 0) is 36.8 Å². The van der Waals surface area contributed by atoms with Gasteiger partial charge < -0.3 is 9.84 Å². The number of aliphatic hydroxyl groups excluding tert-OH is 1. The van der Waals surface area contributed by atoms with Crippen molar-refractivity contribution in [2.45, 2.75) is 13.0 Å². The van der Waals surface area contributed by atoms with E-state index in [0.29, 0.717) is 11.5 Å². The van der Waals surface area contributed by atoms with Crippen molar-refractivity contribution in [3.8, 4) is 11.5 Å². The van der Waals surface area contributed by atoms with Crippen molar-refractivity contribution in [2.75, 3.05) is 0 Å². The predicted molar refractivity (Wildman–Crippen MR) is 76.3 cm³/mol. The maximum atomic E-state index is 13.3. The van der Waals surface area contributed by atoms with E-state index >= 15 is 0 Å². The topological polar surface area (TPSA) is 29.5 Å². The van der Waals surface area contributed by atoms with Gasteiger partial charge in [0, 0.05) is 10.5 Å². The third-order valence-electron chi connectivity index (χ3n) is 2.55. The minimum absolute atomic E-state index is 0.0537. The number of ether oxygens (including phenoxy) is 1. The Morgan fingerprint density at radius 2 is 1.84 bits per heavy atom. The zero-order chi connectivity index (χ0) is 14.0. The summed E-state index contributed by atoms with van der Waals surface area (Å²) in [5.74, 6) is 0.371. The van der Waals surface area contributed by atoms with Crippen LogP contribution in [-0.2, 0) is 0 Å². The number of rotatable bonds is 3. The number of hydrogen-bond donors (Lipinski definition) is 1. The number of halogens is 3. The number of benzene rings is 2. The molecule has 2 aromatic carbocycles. The highest BCUT2D eigenvalue weighted by Gasteiger charge is 2.08. The molecule has 2 rings (SSSR count). The van der Waals surface area contributed by atoms with Crippen molar-refractivity contribution in [3.63, 3.8) is 0 Å². The molecule has 0 unspecified atom stereocenters. The monoisotopic (exact) mass is 344 g/mol. The fourth-order valence-corrected chi connectivity index (χ4v) is 2.39. The van der Waals surface area contributed by atoms with Crippen LogP contribution in [0.3, 0.4) is 0 Å². The lowest BCUT2D eigenvalue weighted by atomic mass is 10.1. The molecule has 2 aromatic rings. The van der Waals surface area contributed by atoms with Gasteiger partial charge in [-0.2, -0.15) is 0 Å². The van der Waals surface area contributed by atoms with Gasteiger partial charge in [0.25, 0.3) is 0 Å². The lowest BCUT2D eigenvalue weighted by Gasteiger charge is -2.11.